The number of hydroxylamine groups is 1. The number of carbonyl (C=O) groups excluding carboxylic acids is 2. The number of rotatable bonds is 6. The molecule has 28 heavy (non-hydrogen) atoms. The molecule has 0 aliphatic carbocycles. The predicted molar refractivity (Wildman–Crippen MR) is 103 cm³/mol. The SMILES string of the molecule is Cc1nc(CONC(=O)C(C)Oc2ccc(Cl)cc2)cn1C(=O)OC(C)(C)C. The highest BCUT2D eigenvalue weighted by atomic mass is 35.5. The minimum atomic E-state index is -0.776. The second-order valence-corrected chi connectivity index (χ2v) is 7.54. The van der Waals surface area contributed by atoms with Crippen LogP contribution in [-0.2, 0) is 21.0 Å². The van der Waals surface area contributed by atoms with E-state index in [4.69, 9.17) is 25.9 Å². The van der Waals surface area contributed by atoms with Gasteiger partial charge in [-0.15, -0.1) is 0 Å². The number of aromatic nitrogens is 2. The normalized spacial score (nSPS) is 12.4. The molecular weight excluding hydrogens is 386 g/mol. The highest BCUT2D eigenvalue weighted by Crippen LogP contribution is 2.17. The van der Waals surface area contributed by atoms with E-state index in [9.17, 15) is 9.59 Å². The Bertz CT molecular complexity index is 827. The number of nitrogens with one attached hydrogen (secondary N) is 1. The maximum absolute atomic E-state index is 12.1. The number of hydrogen-bond donors (Lipinski definition) is 1. The van der Waals surface area contributed by atoms with E-state index in [-0.39, 0.29) is 6.61 Å². The topological polar surface area (TPSA) is 91.7 Å². The van der Waals surface area contributed by atoms with Crippen molar-refractivity contribution in [3.8, 4) is 5.75 Å². The Morgan fingerprint density at radius 1 is 1.25 bits per heavy atom. The van der Waals surface area contributed by atoms with Crippen molar-refractivity contribution in [2.24, 2.45) is 0 Å². The van der Waals surface area contributed by atoms with Crippen molar-refractivity contribution in [2.45, 2.75) is 52.9 Å². The molecule has 1 aromatic carbocycles. The molecule has 9 heteroatoms. The van der Waals surface area contributed by atoms with E-state index in [1.54, 1.807) is 58.9 Å². The highest BCUT2D eigenvalue weighted by Gasteiger charge is 2.20. The quantitative estimate of drug-likeness (QED) is 0.732. The molecule has 1 unspecified atom stereocenters. The van der Waals surface area contributed by atoms with E-state index in [1.165, 1.54) is 10.8 Å². The van der Waals surface area contributed by atoms with Gasteiger partial charge in [-0.1, -0.05) is 11.6 Å². The Hall–Kier alpha value is -2.58. The van der Waals surface area contributed by atoms with Crippen LogP contribution >= 0.6 is 11.6 Å². The molecule has 0 radical (unpaired) electrons. The summed E-state index contributed by atoms with van der Waals surface area (Å²) in [5, 5.41) is 0.578. The number of amides is 1. The molecule has 0 aliphatic heterocycles. The fourth-order valence-electron chi connectivity index (χ4n) is 2.13. The Morgan fingerprint density at radius 2 is 1.89 bits per heavy atom. The first-order valence-corrected chi connectivity index (χ1v) is 9.05. The second kappa shape index (κ2) is 9.07. The molecule has 2 aromatic rings. The third kappa shape index (κ3) is 6.54. The van der Waals surface area contributed by atoms with Gasteiger partial charge in [0.2, 0.25) is 0 Å². The standard InChI is InChI=1S/C19H24ClN3O5/c1-12(27-16-8-6-14(20)7-9-16)17(24)22-26-11-15-10-23(13(2)21-15)18(25)28-19(3,4)5/h6-10,12H,11H2,1-5H3,(H,22,24). The molecule has 1 amide bonds. The summed E-state index contributed by atoms with van der Waals surface area (Å²) in [5.41, 5.74) is 2.16. The van der Waals surface area contributed by atoms with E-state index in [1.807, 2.05) is 0 Å². The largest absolute Gasteiger partial charge is 0.481 e. The minimum Gasteiger partial charge on any atom is -0.481 e. The van der Waals surface area contributed by atoms with Crippen molar-refractivity contribution in [3.05, 3.63) is 47.0 Å². The van der Waals surface area contributed by atoms with Crippen LogP contribution in [0.4, 0.5) is 4.79 Å². The van der Waals surface area contributed by atoms with Crippen LogP contribution in [0.25, 0.3) is 0 Å². The van der Waals surface area contributed by atoms with Gasteiger partial charge in [0.05, 0.1) is 5.69 Å². The molecule has 152 valence electrons. The number of halogens is 1. The van der Waals surface area contributed by atoms with Crippen molar-refractivity contribution in [1.29, 1.82) is 0 Å². The fraction of sp³-hybridized carbons (Fsp3) is 0.421. The van der Waals surface area contributed by atoms with Gasteiger partial charge in [-0.25, -0.2) is 19.8 Å². The Labute approximate surface area is 168 Å². The third-order valence-electron chi connectivity index (χ3n) is 3.41. The lowest BCUT2D eigenvalue weighted by Gasteiger charge is -2.19. The van der Waals surface area contributed by atoms with Crippen LogP contribution in [0.1, 0.15) is 39.2 Å². The van der Waals surface area contributed by atoms with Crippen LogP contribution in [0.2, 0.25) is 5.02 Å². The zero-order valence-corrected chi connectivity index (χ0v) is 17.2. The molecule has 1 atom stereocenters. The van der Waals surface area contributed by atoms with E-state index >= 15 is 0 Å². The van der Waals surface area contributed by atoms with Gasteiger partial charge in [-0.3, -0.25) is 9.63 Å². The molecule has 0 spiro atoms. The van der Waals surface area contributed by atoms with Gasteiger partial charge in [-0.05, 0) is 58.9 Å². The minimum absolute atomic E-state index is 0.0178. The van der Waals surface area contributed by atoms with Crippen LogP contribution in [0, 0.1) is 6.92 Å². The van der Waals surface area contributed by atoms with Gasteiger partial charge in [-0.2, -0.15) is 0 Å². The summed E-state index contributed by atoms with van der Waals surface area (Å²) in [6.07, 6.45) is 0.198. The highest BCUT2D eigenvalue weighted by molar-refractivity contribution is 6.30. The first-order valence-electron chi connectivity index (χ1n) is 8.67. The van der Waals surface area contributed by atoms with Crippen molar-refractivity contribution < 1.29 is 23.9 Å². The number of aryl methyl sites for hydroxylation is 1. The fourth-order valence-corrected chi connectivity index (χ4v) is 2.26. The molecule has 1 heterocycles. The molecule has 8 nitrogen and oxygen atoms in total. The number of benzene rings is 1. The summed E-state index contributed by atoms with van der Waals surface area (Å²) >= 11 is 5.81. The van der Waals surface area contributed by atoms with Crippen LogP contribution in [0.3, 0.4) is 0 Å². The molecule has 1 aromatic heterocycles. The monoisotopic (exact) mass is 409 g/mol. The maximum atomic E-state index is 12.1. The molecular formula is C19H24ClN3O5. The summed E-state index contributed by atoms with van der Waals surface area (Å²) in [7, 11) is 0. The first kappa shape index (κ1) is 21.7. The summed E-state index contributed by atoms with van der Waals surface area (Å²) in [5.74, 6) is 0.510. The van der Waals surface area contributed by atoms with E-state index < -0.39 is 23.7 Å². The van der Waals surface area contributed by atoms with Crippen molar-refractivity contribution in [2.75, 3.05) is 0 Å². The van der Waals surface area contributed by atoms with Gasteiger partial charge in [0, 0.05) is 11.2 Å². The summed E-state index contributed by atoms with van der Waals surface area (Å²) in [6, 6.07) is 6.67. The van der Waals surface area contributed by atoms with Crippen LogP contribution in [0.15, 0.2) is 30.5 Å². The van der Waals surface area contributed by atoms with Crippen molar-refractivity contribution in [1.82, 2.24) is 15.0 Å². The summed E-state index contributed by atoms with van der Waals surface area (Å²) in [4.78, 5) is 33.6. The Morgan fingerprint density at radius 3 is 2.50 bits per heavy atom. The number of ether oxygens (including phenoxy) is 2. The molecule has 2 rings (SSSR count). The van der Waals surface area contributed by atoms with E-state index in [0.717, 1.165) is 0 Å². The lowest BCUT2D eigenvalue weighted by molar-refractivity contribution is -0.141. The average molecular weight is 410 g/mol. The van der Waals surface area contributed by atoms with Gasteiger partial charge >= 0.3 is 6.09 Å². The second-order valence-electron chi connectivity index (χ2n) is 7.10. The van der Waals surface area contributed by atoms with Crippen molar-refractivity contribution >= 4 is 23.6 Å². The van der Waals surface area contributed by atoms with Crippen molar-refractivity contribution in [3.63, 3.8) is 0 Å². The number of imidazole rings is 1. The lowest BCUT2D eigenvalue weighted by atomic mass is 10.2. The summed E-state index contributed by atoms with van der Waals surface area (Å²) < 4.78 is 12.1. The number of carbonyl (C=O) groups is 2. The number of hydrogen-bond acceptors (Lipinski definition) is 6. The smallest absolute Gasteiger partial charge is 0.419 e. The zero-order chi connectivity index (χ0) is 20.9. The Balaban J connectivity index is 1.84. The zero-order valence-electron chi connectivity index (χ0n) is 16.5. The number of nitrogens with zero attached hydrogens (tertiary/aromatic N) is 2. The molecule has 0 bridgehead atoms. The molecule has 0 aliphatic rings. The summed E-state index contributed by atoms with van der Waals surface area (Å²) in [6.45, 7) is 8.59. The van der Waals surface area contributed by atoms with Gasteiger partial charge in [0.15, 0.2) is 6.10 Å². The average Bonchev–Trinajstić information content (AvgIpc) is 2.96. The lowest BCUT2D eigenvalue weighted by Crippen LogP contribution is -2.36. The Kier molecular flexibility index (Phi) is 7.04. The van der Waals surface area contributed by atoms with Gasteiger partial charge in [0.25, 0.3) is 5.91 Å². The van der Waals surface area contributed by atoms with Gasteiger partial charge in [0.1, 0.15) is 23.8 Å². The molecule has 1 N–H and O–H groups in total. The van der Waals surface area contributed by atoms with Crippen LogP contribution in [-0.4, -0.2) is 33.3 Å². The third-order valence-corrected chi connectivity index (χ3v) is 3.66. The van der Waals surface area contributed by atoms with Gasteiger partial charge < -0.3 is 9.47 Å². The maximum Gasteiger partial charge on any atom is 0.419 e. The van der Waals surface area contributed by atoms with Crippen LogP contribution < -0.4 is 10.2 Å². The molecule has 0 fully saturated rings. The molecule has 0 saturated heterocycles. The molecule has 0 saturated carbocycles. The van der Waals surface area contributed by atoms with Crippen LogP contribution in [0.5, 0.6) is 5.75 Å². The first-order chi connectivity index (χ1) is 13.0. The predicted octanol–water partition coefficient (Wildman–Crippen LogP) is 3.64. The van der Waals surface area contributed by atoms with E-state index in [2.05, 4.69) is 10.5 Å². The van der Waals surface area contributed by atoms with E-state index in [0.29, 0.717) is 22.3 Å².